The minimum atomic E-state index is -0.649. The molecule has 0 aliphatic heterocycles. The van der Waals surface area contributed by atoms with E-state index in [1.807, 2.05) is 0 Å². The summed E-state index contributed by atoms with van der Waals surface area (Å²) in [6.45, 7) is 0. The second-order valence-corrected chi connectivity index (χ2v) is 3.84. The average molecular weight is 247 g/mol. The summed E-state index contributed by atoms with van der Waals surface area (Å²) in [7, 11) is 1.48. The molecule has 0 amide bonds. The normalized spacial score (nSPS) is 12.2. The van der Waals surface area contributed by atoms with Crippen LogP contribution in [0.5, 0.6) is 5.75 Å². The van der Waals surface area contributed by atoms with Crippen LogP contribution >= 0.6 is 0 Å². The molecule has 0 aliphatic rings. The van der Waals surface area contributed by atoms with Crippen molar-refractivity contribution in [2.24, 2.45) is 5.73 Å². The molecule has 1 unspecified atom stereocenters. The molecule has 4 nitrogen and oxygen atoms in total. The second-order valence-electron chi connectivity index (χ2n) is 3.84. The van der Waals surface area contributed by atoms with Crippen LogP contribution in [-0.2, 0) is 0 Å². The lowest BCUT2D eigenvalue weighted by Crippen LogP contribution is -2.16. The Labute approximate surface area is 104 Å². The summed E-state index contributed by atoms with van der Waals surface area (Å²) < 4.78 is 18.8. The fourth-order valence-corrected chi connectivity index (χ4v) is 1.75. The molecule has 4 N–H and O–H groups in total. The Morgan fingerprint density at radius 1 is 1.28 bits per heavy atom. The van der Waals surface area contributed by atoms with Gasteiger partial charge in [0, 0.05) is 23.4 Å². The smallest absolute Gasteiger partial charge is 0.132 e. The van der Waals surface area contributed by atoms with E-state index >= 15 is 0 Å². The molecule has 2 rings (SSSR count). The second kappa shape index (κ2) is 5.01. The molecule has 0 saturated carbocycles. The molecular weight excluding hydrogens is 233 g/mol. The molecule has 1 aromatic heterocycles. The largest absolute Gasteiger partial charge is 0.497 e. The highest BCUT2D eigenvalue weighted by Crippen LogP contribution is 2.27. The van der Waals surface area contributed by atoms with E-state index in [-0.39, 0.29) is 0 Å². The fraction of sp³-hybridized carbons (Fsp3) is 0.154. The lowest BCUT2D eigenvalue weighted by Gasteiger charge is -2.15. The summed E-state index contributed by atoms with van der Waals surface area (Å²) >= 11 is 0. The van der Waals surface area contributed by atoms with Crippen LogP contribution in [0.25, 0.3) is 0 Å². The summed E-state index contributed by atoms with van der Waals surface area (Å²) in [5.74, 6) is 0.327. The molecule has 18 heavy (non-hydrogen) atoms. The van der Waals surface area contributed by atoms with Crippen molar-refractivity contribution in [1.29, 1.82) is 0 Å². The van der Waals surface area contributed by atoms with Crippen molar-refractivity contribution in [3.05, 3.63) is 53.5 Å². The molecule has 0 saturated heterocycles. The SMILES string of the molecule is COc1ccc(C(N)c2cccnc2N)c(F)c1. The third kappa shape index (κ3) is 2.26. The van der Waals surface area contributed by atoms with E-state index in [9.17, 15) is 4.39 Å². The Morgan fingerprint density at radius 3 is 2.67 bits per heavy atom. The van der Waals surface area contributed by atoms with Gasteiger partial charge in [-0.1, -0.05) is 12.1 Å². The van der Waals surface area contributed by atoms with E-state index < -0.39 is 11.9 Å². The van der Waals surface area contributed by atoms with Gasteiger partial charge in [0.2, 0.25) is 0 Å². The number of anilines is 1. The van der Waals surface area contributed by atoms with E-state index in [0.29, 0.717) is 22.7 Å². The molecule has 0 radical (unpaired) electrons. The number of aromatic nitrogens is 1. The maximum Gasteiger partial charge on any atom is 0.132 e. The van der Waals surface area contributed by atoms with Crippen molar-refractivity contribution in [1.82, 2.24) is 4.98 Å². The molecule has 0 aliphatic carbocycles. The predicted octanol–water partition coefficient (Wildman–Crippen LogP) is 1.86. The number of nitrogens with zero attached hydrogens (tertiary/aromatic N) is 1. The van der Waals surface area contributed by atoms with Gasteiger partial charge >= 0.3 is 0 Å². The number of hydrogen-bond acceptors (Lipinski definition) is 4. The molecule has 94 valence electrons. The first-order valence-corrected chi connectivity index (χ1v) is 5.43. The minimum Gasteiger partial charge on any atom is -0.497 e. The van der Waals surface area contributed by atoms with Gasteiger partial charge in [-0.05, 0) is 12.1 Å². The van der Waals surface area contributed by atoms with Gasteiger partial charge in [0.05, 0.1) is 13.2 Å². The first kappa shape index (κ1) is 12.3. The Balaban J connectivity index is 2.40. The number of nitrogens with two attached hydrogens (primary N) is 2. The number of nitrogen functional groups attached to an aromatic ring is 1. The van der Waals surface area contributed by atoms with Crippen molar-refractivity contribution < 1.29 is 9.13 Å². The van der Waals surface area contributed by atoms with Crippen molar-refractivity contribution >= 4 is 5.82 Å². The zero-order valence-corrected chi connectivity index (χ0v) is 9.93. The van der Waals surface area contributed by atoms with Crippen LogP contribution in [-0.4, -0.2) is 12.1 Å². The molecule has 0 bridgehead atoms. The van der Waals surface area contributed by atoms with Gasteiger partial charge in [-0.25, -0.2) is 9.37 Å². The Kier molecular flexibility index (Phi) is 3.43. The first-order valence-electron chi connectivity index (χ1n) is 5.43. The molecule has 2 aromatic rings. The van der Waals surface area contributed by atoms with Crippen molar-refractivity contribution in [3.63, 3.8) is 0 Å². The maximum absolute atomic E-state index is 13.9. The predicted molar refractivity (Wildman–Crippen MR) is 67.6 cm³/mol. The molecule has 0 fully saturated rings. The van der Waals surface area contributed by atoms with Gasteiger partial charge in [-0.2, -0.15) is 0 Å². The standard InChI is InChI=1S/C13H14FN3O/c1-18-8-4-5-9(11(14)7-8)12(15)10-3-2-6-17-13(10)16/h2-7,12H,15H2,1H3,(H2,16,17). The van der Waals surface area contributed by atoms with Crippen LogP contribution in [0.2, 0.25) is 0 Å². The number of halogens is 1. The zero-order valence-electron chi connectivity index (χ0n) is 9.93. The quantitative estimate of drug-likeness (QED) is 0.868. The fourth-order valence-electron chi connectivity index (χ4n) is 1.75. The van der Waals surface area contributed by atoms with E-state index in [4.69, 9.17) is 16.2 Å². The van der Waals surface area contributed by atoms with Crippen LogP contribution in [0.4, 0.5) is 10.2 Å². The maximum atomic E-state index is 13.9. The molecule has 0 spiro atoms. The number of benzene rings is 1. The lowest BCUT2D eigenvalue weighted by molar-refractivity contribution is 0.410. The number of methoxy groups -OCH3 is 1. The Bertz CT molecular complexity index is 560. The molecule has 5 heteroatoms. The first-order chi connectivity index (χ1) is 8.63. The van der Waals surface area contributed by atoms with Crippen molar-refractivity contribution in [3.8, 4) is 5.75 Å². The average Bonchev–Trinajstić information content (AvgIpc) is 2.38. The summed E-state index contributed by atoms with van der Waals surface area (Å²) in [6.07, 6.45) is 1.57. The summed E-state index contributed by atoms with van der Waals surface area (Å²) in [6, 6.07) is 7.34. The van der Waals surface area contributed by atoms with Crippen LogP contribution in [0.3, 0.4) is 0 Å². The Hall–Kier alpha value is -2.14. The zero-order chi connectivity index (χ0) is 13.1. The van der Waals surface area contributed by atoms with E-state index in [1.54, 1.807) is 30.5 Å². The summed E-state index contributed by atoms with van der Waals surface area (Å²) in [5, 5.41) is 0. The van der Waals surface area contributed by atoms with Crippen molar-refractivity contribution in [2.45, 2.75) is 6.04 Å². The molecular formula is C13H14FN3O. The van der Waals surface area contributed by atoms with Gasteiger partial charge in [0.15, 0.2) is 0 Å². The highest BCUT2D eigenvalue weighted by molar-refractivity contribution is 5.46. The van der Waals surface area contributed by atoms with Gasteiger partial charge in [-0.3, -0.25) is 0 Å². The van der Waals surface area contributed by atoms with Crippen LogP contribution < -0.4 is 16.2 Å². The minimum absolute atomic E-state index is 0.306. The highest BCUT2D eigenvalue weighted by atomic mass is 19.1. The van der Waals surface area contributed by atoms with E-state index in [1.165, 1.54) is 13.2 Å². The van der Waals surface area contributed by atoms with E-state index in [2.05, 4.69) is 4.98 Å². The number of ether oxygens (including phenoxy) is 1. The summed E-state index contributed by atoms with van der Waals surface area (Å²) in [5.41, 5.74) is 12.7. The topological polar surface area (TPSA) is 74.2 Å². The van der Waals surface area contributed by atoms with Crippen LogP contribution in [0.1, 0.15) is 17.2 Å². The lowest BCUT2D eigenvalue weighted by atomic mass is 9.99. The molecule has 1 heterocycles. The van der Waals surface area contributed by atoms with E-state index in [0.717, 1.165) is 0 Å². The number of hydrogen-bond donors (Lipinski definition) is 2. The number of pyridine rings is 1. The van der Waals surface area contributed by atoms with Crippen molar-refractivity contribution in [2.75, 3.05) is 12.8 Å². The number of rotatable bonds is 3. The van der Waals surface area contributed by atoms with Crippen LogP contribution in [0, 0.1) is 5.82 Å². The monoisotopic (exact) mass is 247 g/mol. The summed E-state index contributed by atoms with van der Waals surface area (Å²) in [4.78, 5) is 3.94. The molecule has 1 atom stereocenters. The Morgan fingerprint density at radius 2 is 2.06 bits per heavy atom. The van der Waals surface area contributed by atoms with Gasteiger partial charge in [0.25, 0.3) is 0 Å². The van der Waals surface area contributed by atoms with Gasteiger partial charge in [0.1, 0.15) is 17.4 Å². The van der Waals surface area contributed by atoms with Gasteiger partial charge in [-0.15, -0.1) is 0 Å². The highest BCUT2D eigenvalue weighted by Gasteiger charge is 2.16. The molecule has 1 aromatic carbocycles. The third-order valence-corrected chi connectivity index (χ3v) is 2.75. The van der Waals surface area contributed by atoms with Gasteiger partial charge < -0.3 is 16.2 Å². The van der Waals surface area contributed by atoms with Crippen LogP contribution in [0.15, 0.2) is 36.5 Å². The third-order valence-electron chi connectivity index (χ3n) is 2.75.